The Bertz CT molecular complexity index is 167. The molecule has 0 saturated carbocycles. The van der Waals surface area contributed by atoms with Crippen molar-refractivity contribution >= 4 is 17.9 Å². The molecular formula is C9H18N2OS. The van der Waals surface area contributed by atoms with E-state index >= 15 is 0 Å². The van der Waals surface area contributed by atoms with Gasteiger partial charge in [0.1, 0.15) is 0 Å². The zero-order chi connectivity index (χ0) is 9.68. The van der Waals surface area contributed by atoms with Crippen molar-refractivity contribution in [3.63, 3.8) is 0 Å². The van der Waals surface area contributed by atoms with Gasteiger partial charge in [-0.3, -0.25) is 4.79 Å². The van der Waals surface area contributed by atoms with Gasteiger partial charge in [-0.1, -0.05) is 12.6 Å². The zero-order valence-electron chi connectivity index (χ0n) is 8.12. The van der Waals surface area contributed by atoms with Crippen molar-refractivity contribution in [2.45, 2.75) is 19.3 Å². The molecule has 4 heteroatoms. The highest BCUT2D eigenvalue weighted by Crippen LogP contribution is 2.18. The molecule has 1 heterocycles. The van der Waals surface area contributed by atoms with Crippen LogP contribution < -0.4 is 5.32 Å². The maximum absolute atomic E-state index is 10.5. The van der Waals surface area contributed by atoms with Gasteiger partial charge in [0, 0.05) is 6.54 Å². The van der Waals surface area contributed by atoms with Crippen LogP contribution in [0.4, 0.5) is 4.79 Å². The third-order valence-corrected chi connectivity index (χ3v) is 2.83. The van der Waals surface area contributed by atoms with E-state index in [4.69, 9.17) is 0 Å². The molecular weight excluding hydrogens is 184 g/mol. The van der Waals surface area contributed by atoms with E-state index in [2.05, 4.69) is 29.9 Å². The third kappa shape index (κ3) is 4.52. The summed E-state index contributed by atoms with van der Waals surface area (Å²) in [6.45, 7) is 3.16. The molecule has 1 rings (SSSR count). The highest BCUT2D eigenvalue weighted by molar-refractivity contribution is 7.96. The number of hydrogen-bond acceptors (Lipinski definition) is 2. The summed E-state index contributed by atoms with van der Waals surface area (Å²) in [7, 11) is 2.16. The van der Waals surface area contributed by atoms with Crippen molar-refractivity contribution in [1.82, 2.24) is 10.2 Å². The molecule has 0 unspecified atom stereocenters. The molecule has 0 aliphatic carbocycles. The van der Waals surface area contributed by atoms with Crippen LogP contribution in [-0.4, -0.2) is 36.8 Å². The van der Waals surface area contributed by atoms with E-state index in [1.807, 2.05) is 0 Å². The Hall–Kier alpha value is -0.220. The summed E-state index contributed by atoms with van der Waals surface area (Å²) in [4.78, 5) is 12.8. The van der Waals surface area contributed by atoms with Crippen molar-refractivity contribution < 1.29 is 4.79 Å². The zero-order valence-corrected chi connectivity index (χ0v) is 9.02. The highest BCUT2D eigenvalue weighted by Gasteiger charge is 2.15. The molecule has 1 saturated heterocycles. The molecule has 0 aromatic heterocycles. The smallest absolute Gasteiger partial charge is 0.275 e. The summed E-state index contributed by atoms with van der Waals surface area (Å²) in [5.74, 6) is 0.788. The average Bonchev–Trinajstić information content (AvgIpc) is 2.08. The molecule has 1 aliphatic rings. The fourth-order valence-electron chi connectivity index (χ4n) is 1.73. The third-order valence-electron chi connectivity index (χ3n) is 2.67. The summed E-state index contributed by atoms with van der Waals surface area (Å²) in [6, 6.07) is 0. The lowest BCUT2D eigenvalue weighted by Crippen LogP contribution is -2.31. The van der Waals surface area contributed by atoms with Crippen LogP contribution in [0.2, 0.25) is 0 Å². The van der Waals surface area contributed by atoms with Gasteiger partial charge in [0.25, 0.3) is 5.24 Å². The first-order valence-corrected chi connectivity index (χ1v) is 5.28. The number of rotatable bonds is 3. The van der Waals surface area contributed by atoms with E-state index in [0.29, 0.717) is 0 Å². The fourth-order valence-corrected chi connectivity index (χ4v) is 1.85. The van der Waals surface area contributed by atoms with Crippen molar-refractivity contribution in [1.29, 1.82) is 0 Å². The SMILES string of the molecule is CN1CCC(CCNC(=O)S)CC1. The van der Waals surface area contributed by atoms with Gasteiger partial charge in [-0.2, -0.15) is 0 Å². The number of nitrogens with zero attached hydrogens (tertiary/aromatic N) is 1. The molecule has 0 spiro atoms. The lowest BCUT2D eigenvalue weighted by Gasteiger charge is -2.28. The Labute approximate surface area is 85.3 Å². The predicted octanol–water partition coefficient (Wildman–Crippen LogP) is 1.36. The number of nitrogens with one attached hydrogen (secondary N) is 1. The normalized spacial score (nSPS) is 20.2. The number of carbonyl (C=O) groups excluding carboxylic acids is 1. The molecule has 1 aliphatic heterocycles. The summed E-state index contributed by atoms with van der Waals surface area (Å²) in [5, 5.41) is 2.50. The minimum Gasteiger partial charge on any atom is -0.347 e. The second-order valence-electron chi connectivity index (χ2n) is 3.77. The molecule has 0 aromatic carbocycles. The molecule has 76 valence electrons. The lowest BCUT2D eigenvalue weighted by molar-refractivity contribution is 0.211. The van der Waals surface area contributed by atoms with Crippen LogP contribution >= 0.6 is 12.6 Å². The molecule has 1 fully saturated rings. The number of thiol groups is 1. The van der Waals surface area contributed by atoms with Crippen LogP contribution in [0, 0.1) is 5.92 Å². The maximum atomic E-state index is 10.5. The van der Waals surface area contributed by atoms with Crippen molar-refractivity contribution in [3.8, 4) is 0 Å². The Morgan fingerprint density at radius 1 is 1.54 bits per heavy atom. The first-order valence-electron chi connectivity index (χ1n) is 4.84. The topological polar surface area (TPSA) is 32.3 Å². The Morgan fingerprint density at radius 2 is 2.15 bits per heavy atom. The van der Waals surface area contributed by atoms with Crippen molar-refractivity contribution in [2.24, 2.45) is 5.92 Å². The Kier molecular flexibility index (Phi) is 4.59. The second-order valence-corrected chi connectivity index (χ2v) is 4.17. The first kappa shape index (κ1) is 10.9. The van der Waals surface area contributed by atoms with Gasteiger partial charge >= 0.3 is 0 Å². The highest BCUT2D eigenvalue weighted by atomic mass is 32.1. The van der Waals surface area contributed by atoms with Gasteiger partial charge in [0.2, 0.25) is 0 Å². The quantitative estimate of drug-likeness (QED) is 0.677. The Morgan fingerprint density at radius 3 is 2.69 bits per heavy atom. The van der Waals surface area contributed by atoms with E-state index in [1.54, 1.807) is 0 Å². The van der Waals surface area contributed by atoms with Crippen molar-refractivity contribution in [3.05, 3.63) is 0 Å². The van der Waals surface area contributed by atoms with Gasteiger partial charge in [-0.05, 0) is 45.3 Å². The Balaban J connectivity index is 2.05. The second kappa shape index (κ2) is 5.50. The lowest BCUT2D eigenvalue weighted by atomic mass is 9.94. The minimum atomic E-state index is -0.215. The van der Waals surface area contributed by atoms with Gasteiger partial charge < -0.3 is 10.2 Å². The van der Waals surface area contributed by atoms with Gasteiger partial charge in [-0.25, -0.2) is 0 Å². The van der Waals surface area contributed by atoms with Crippen LogP contribution in [0.5, 0.6) is 0 Å². The van der Waals surface area contributed by atoms with E-state index in [1.165, 1.54) is 25.9 Å². The number of amides is 1. The average molecular weight is 202 g/mol. The van der Waals surface area contributed by atoms with Gasteiger partial charge in [-0.15, -0.1) is 0 Å². The first-order chi connectivity index (χ1) is 6.18. The largest absolute Gasteiger partial charge is 0.347 e. The van der Waals surface area contributed by atoms with Gasteiger partial charge in [0.15, 0.2) is 0 Å². The minimum absolute atomic E-state index is 0.215. The summed E-state index contributed by atoms with van der Waals surface area (Å²) in [5.41, 5.74) is 0. The van der Waals surface area contributed by atoms with Crippen LogP contribution in [-0.2, 0) is 0 Å². The number of hydrogen-bond donors (Lipinski definition) is 2. The predicted molar refractivity (Wildman–Crippen MR) is 57.2 cm³/mol. The van der Waals surface area contributed by atoms with E-state index < -0.39 is 0 Å². The van der Waals surface area contributed by atoms with Crippen LogP contribution in [0.3, 0.4) is 0 Å². The molecule has 1 amide bonds. The van der Waals surface area contributed by atoms with E-state index in [-0.39, 0.29) is 5.24 Å². The monoisotopic (exact) mass is 202 g/mol. The van der Waals surface area contributed by atoms with Crippen molar-refractivity contribution in [2.75, 3.05) is 26.7 Å². The fraction of sp³-hybridized carbons (Fsp3) is 0.889. The summed E-state index contributed by atoms with van der Waals surface area (Å²) >= 11 is 3.65. The number of piperidine rings is 1. The number of likely N-dealkylation sites (tertiary alicyclic amines) is 1. The van der Waals surface area contributed by atoms with E-state index in [0.717, 1.165) is 18.9 Å². The molecule has 3 nitrogen and oxygen atoms in total. The van der Waals surface area contributed by atoms with Crippen LogP contribution in [0.1, 0.15) is 19.3 Å². The summed E-state index contributed by atoms with van der Waals surface area (Å²) < 4.78 is 0. The maximum Gasteiger partial charge on any atom is 0.275 e. The van der Waals surface area contributed by atoms with E-state index in [9.17, 15) is 4.79 Å². The molecule has 0 radical (unpaired) electrons. The molecule has 0 aromatic rings. The molecule has 1 N–H and O–H groups in total. The van der Waals surface area contributed by atoms with Gasteiger partial charge in [0.05, 0.1) is 0 Å². The summed E-state index contributed by atoms with van der Waals surface area (Å²) in [6.07, 6.45) is 3.62. The van der Waals surface area contributed by atoms with Crippen LogP contribution in [0.25, 0.3) is 0 Å². The molecule has 13 heavy (non-hydrogen) atoms. The standard InChI is InChI=1S/C9H18N2OS/c1-11-6-3-8(4-7-11)2-5-10-9(12)13/h8H,2-7H2,1H3,(H2,10,12,13). The number of carbonyl (C=O) groups is 1. The van der Waals surface area contributed by atoms with Crippen LogP contribution in [0.15, 0.2) is 0 Å². The molecule has 0 bridgehead atoms. The molecule has 0 atom stereocenters.